The zero-order valence-corrected chi connectivity index (χ0v) is 8.98. The van der Waals surface area contributed by atoms with Gasteiger partial charge in [-0.05, 0) is 23.9 Å². The van der Waals surface area contributed by atoms with Crippen molar-refractivity contribution < 1.29 is 0 Å². The number of H-pyrrole nitrogens is 1. The van der Waals surface area contributed by atoms with Crippen molar-refractivity contribution in [3.8, 4) is 0 Å². The molecule has 0 aliphatic carbocycles. The molecule has 0 unspecified atom stereocenters. The van der Waals surface area contributed by atoms with Crippen LogP contribution in [0.3, 0.4) is 0 Å². The molecule has 0 fully saturated rings. The van der Waals surface area contributed by atoms with Gasteiger partial charge in [0.2, 0.25) is 5.16 Å². The quantitative estimate of drug-likeness (QED) is 0.693. The number of rotatable bonds is 2. The lowest BCUT2D eigenvalue weighted by molar-refractivity contribution is 0.922. The molecule has 16 heavy (non-hydrogen) atoms. The van der Waals surface area contributed by atoms with Gasteiger partial charge < -0.3 is 5.73 Å². The molecule has 3 aromatic heterocycles. The van der Waals surface area contributed by atoms with Crippen molar-refractivity contribution in [1.29, 1.82) is 0 Å². The number of nitrogens with zero attached hydrogens (tertiary/aromatic N) is 4. The zero-order valence-electron chi connectivity index (χ0n) is 8.16. The standard InChI is InChI=1S/C9H8N6S/c10-8-6(5-11-13-8)16-9-14-12-7-3-1-2-4-15(7)9/h1-5H,(H3,10,11,13). The maximum Gasteiger partial charge on any atom is 0.200 e. The maximum absolute atomic E-state index is 5.70. The summed E-state index contributed by atoms with van der Waals surface area (Å²) in [6.45, 7) is 0. The molecule has 0 bridgehead atoms. The van der Waals surface area contributed by atoms with E-state index in [9.17, 15) is 0 Å². The van der Waals surface area contributed by atoms with Crippen LogP contribution in [0.15, 0.2) is 40.6 Å². The van der Waals surface area contributed by atoms with E-state index in [2.05, 4.69) is 20.4 Å². The van der Waals surface area contributed by atoms with Gasteiger partial charge in [0, 0.05) is 6.20 Å². The topological polar surface area (TPSA) is 84.9 Å². The maximum atomic E-state index is 5.70. The van der Waals surface area contributed by atoms with Gasteiger partial charge in [0.15, 0.2) is 5.65 Å². The number of fused-ring (bicyclic) bond motifs is 1. The Morgan fingerprint density at radius 2 is 2.25 bits per heavy atom. The summed E-state index contributed by atoms with van der Waals surface area (Å²) in [5.74, 6) is 0.540. The molecule has 0 amide bonds. The van der Waals surface area contributed by atoms with Crippen LogP contribution in [0.1, 0.15) is 0 Å². The predicted octanol–water partition coefficient (Wildman–Crippen LogP) is 1.19. The number of aromatic amines is 1. The Hall–Kier alpha value is -2.02. The summed E-state index contributed by atoms with van der Waals surface area (Å²) >= 11 is 1.43. The minimum absolute atomic E-state index is 0.540. The molecule has 0 atom stereocenters. The zero-order chi connectivity index (χ0) is 11.0. The van der Waals surface area contributed by atoms with E-state index in [0.29, 0.717) is 5.82 Å². The van der Waals surface area contributed by atoms with Crippen LogP contribution in [0.2, 0.25) is 0 Å². The van der Waals surface area contributed by atoms with Crippen LogP contribution >= 0.6 is 11.8 Å². The Morgan fingerprint density at radius 3 is 3.06 bits per heavy atom. The van der Waals surface area contributed by atoms with E-state index in [1.807, 2.05) is 28.8 Å². The molecule has 0 spiro atoms. The third-order valence-electron chi connectivity index (χ3n) is 2.12. The number of pyridine rings is 1. The average Bonchev–Trinajstić information content (AvgIpc) is 2.88. The molecule has 3 rings (SSSR count). The van der Waals surface area contributed by atoms with Crippen molar-refractivity contribution in [2.75, 3.05) is 5.73 Å². The molecule has 6 nitrogen and oxygen atoms in total. The average molecular weight is 232 g/mol. The van der Waals surface area contributed by atoms with E-state index in [4.69, 9.17) is 5.73 Å². The first-order valence-electron chi connectivity index (χ1n) is 4.61. The van der Waals surface area contributed by atoms with Crippen LogP contribution in [0.4, 0.5) is 5.82 Å². The fourth-order valence-electron chi connectivity index (χ4n) is 1.35. The second kappa shape index (κ2) is 3.53. The smallest absolute Gasteiger partial charge is 0.200 e. The van der Waals surface area contributed by atoms with Gasteiger partial charge in [-0.25, -0.2) is 0 Å². The third kappa shape index (κ3) is 1.41. The number of hydrogen-bond acceptors (Lipinski definition) is 5. The molecular formula is C9H8N6S. The monoisotopic (exact) mass is 232 g/mol. The van der Waals surface area contributed by atoms with E-state index >= 15 is 0 Å². The molecule has 0 saturated heterocycles. The minimum atomic E-state index is 0.540. The highest BCUT2D eigenvalue weighted by molar-refractivity contribution is 7.99. The van der Waals surface area contributed by atoms with Crippen molar-refractivity contribution in [3.63, 3.8) is 0 Å². The first-order chi connectivity index (χ1) is 7.84. The molecule has 3 N–H and O–H groups in total. The SMILES string of the molecule is Nc1[nH]ncc1Sc1nnc2ccccn12. The van der Waals surface area contributed by atoms with Crippen molar-refractivity contribution >= 4 is 23.2 Å². The molecular weight excluding hydrogens is 224 g/mol. The highest BCUT2D eigenvalue weighted by Crippen LogP contribution is 2.29. The number of nitrogen functional groups attached to an aromatic ring is 1. The van der Waals surface area contributed by atoms with Crippen LogP contribution in [0.25, 0.3) is 5.65 Å². The number of hydrogen-bond donors (Lipinski definition) is 2. The van der Waals surface area contributed by atoms with Gasteiger partial charge >= 0.3 is 0 Å². The lowest BCUT2D eigenvalue weighted by atomic mass is 10.5. The van der Waals surface area contributed by atoms with Gasteiger partial charge in [-0.1, -0.05) is 6.07 Å². The Morgan fingerprint density at radius 1 is 1.31 bits per heavy atom. The summed E-state index contributed by atoms with van der Waals surface area (Å²) in [5, 5.41) is 15.4. The Balaban J connectivity index is 2.04. The van der Waals surface area contributed by atoms with Gasteiger partial charge in [0.1, 0.15) is 5.82 Å². The van der Waals surface area contributed by atoms with Gasteiger partial charge in [0.05, 0.1) is 11.1 Å². The lowest BCUT2D eigenvalue weighted by Crippen LogP contribution is -1.88. The van der Waals surface area contributed by atoms with E-state index in [1.54, 1.807) is 6.20 Å². The van der Waals surface area contributed by atoms with Crippen molar-refractivity contribution in [2.24, 2.45) is 0 Å². The van der Waals surface area contributed by atoms with Crippen LogP contribution in [0.5, 0.6) is 0 Å². The molecule has 0 saturated carbocycles. The van der Waals surface area contributed by atoms with E-state index in [1.165, 1.54) is 11.8 Å². The summed E-state index contributed by atoms with van der Waals surface area (Å²) in [6, 6.07) is 5.75. The van der Waals surface area contributed by atoms with Gasteiger partial charge in [-0.2, -0.15) is 5.10 Å². The first-order valence-corrected chi connectivity index (χ1v) is 5.43. The van der Waals surface area contributed by atoms with Crippen LogP contribution < -0.4 is 5.73 Å². The Kier molecular flexibility index (Phi) is 2.03. The van der Waals surface area contributed by atoms with Crippen LogP contribution in [-0.4, -0.2) is 24.8 Å². The Labute approximate surface area is 94.9 Å². The van der Waals surface area contributed by atoms with Crippen molar-refractivity contribution in [3.05, 3.63) is 30.6 Å². The van der Waals surface area contributed by atoms with Crippen LogP contribution in [0, 0.1) is 0 Å². The summed E-state index contributed by atoms with van der Waals surface area (Å²) < 4.78 is 1.90. The molecule has 3 heterocycles. The summed E-state index contributed by atoms with van der Waals surface area (Å²) in [6.07, 6.45) is 3.58. The number of anilines is 1. The fourth-order valence-corrected chi connectivity index (χ4v) is 2.15. The largest absolute Gasteiger partial charge is 0.383 e. The summed E-state index contributed by atoms with van der Waals surface area (Å²) in [4.78, 5) is 0.846. The van der Waals surface area contributed by atoms with E-state index in [0.717, 1.165) is 15.7 Å². The third-order valence-corrected chi connectivity index (χ3v) is 3.12. The molecule has 3 aromatic rings. The second-order valence-corrected chi connectivity index (χ2v) is 4.17. The molecule has 80 valence electrons. The number of nitrogens with one attached hydrogen (secondary N) is 1. The number of nitrogens with two attached hydrogens (primary N) is 1. The van der Waals surface area contributed by atoms with E-state index in [-0.39, 0.29) is 0 Å². The molecule has 0 aromatic carbocycles. The van der Waals surface area contributed by atoms with Gasteiger partial charge in [-0.15, -0.1) is 10.2 Å². The molecule has 0 radical (unpaired) electrons. The van der Waals surface area contributed by atoms with E-state index < -0.39 is 0 Å². The number of aromatic nitrogens is 5. The summed E-state index contributed by atoms with van der Waals surface area (Å²) in [7, 11) is 0. The minimum Gasteiger partial charge on any atom is -0.383 e. The highest BCUT2D eigenvalue weighted by Gasteiger charge is 2.09. The molecule has 0 aliphatic rings. The van der Waals surface area contributed by atoms with Crippen molar-refractivity contribution in [2.45, 2.75) is 10.1 Å². The predicted molar refractivity (Wildman–Crippen MR) is 60.1 cm³/mol. The fraction of sp³-hybridized carbons (Fsp3) is 0. The molecule has 0 aliphatic heterocycles. The Bertz CT molecular complexity index is 628. The lowest BCUT2D eigenvalue weighted by Gasteiger charge is -1.97. The van der Waals surface area contributed by atoms with Crippen molar-refractivity contribution in [1.82, 2.24) is 24.8 Å². The first kappa shape index (κ1) is 9.22. The highest BCUT2D eigenvalue weighted by atomic mass is 32.2. The van der Waals surface area contributed by atoms with Crippen LogP contribution in [-0.2, 0) is 0 Å². The summed E-state index contributed by atoms with van der Waals surface area (Å²) in [5.41, 5.74) is 6.52. The molecule has 7 heteroatoms. The van der Waals surface area contributed by atoms with Gasteiger partial charge in [-0.3, -0.25) is 9.50 Å². The second-order valence-electron chi connectivity index (χ2n) is 3.16. The normalized spacial score (nSPS) is 11.0. The van der Waals surface area contributed by atoms with Gasteiger partial charge in [0.25, 0.3) is 0 Å².